The molecule has 1 aliphatic heterocycles. The third kappa shape index (κ3) is 3.74. The van der Waals surface area contributed by atoms with Crippen molar-refractivity contribution in [3.8, 4) is 0 Å². The molecule has 1 aromatic carbocycles. The van der Waals surface area contributed by atoms with E-state index in [0.29, 0.717) is 18.1 Å². The van der Waals surface area contributed by atoms with Crippen LogP contribution >= 0.6 is 11.6 Å². The van der Waals surface area contributed by atoms with Crippen LogP contribution in [0.1, 0.15) is 16.1 Å². The zero-order chi connectivity index (χ0) is 17.1. The summed E-state index contributed by atoms with van der Waals surface area (Å²) in [6, 6.07) is 10.2. The molecule has 1 aliphatic rings. The molecular weight excluding hydrogens is 334 g/mol. The van der Waals surface area contributed by atoms with Gasteiger partial charge in [0.1, 0.15) is 4.92 Å². The summed E-state index contributed by atoms with van der Waals surface area (Å²) in [6.45, 7) is 3.38. The quantitative estimate of drug-likeness (QED) is 0.626. The van der Waals surface area contributed by atoms with Crippen LogP contribution in [0.4, 0.5) is 5.88 Å². The highest BCUT2D eigenvalue weighted by atomic mass is 35.5. The molecule has 0 saturated carbocycles. The maximum Gasteiger partial charge on any atom is 0.433 e. The molecule has 1 aromatic heterocycles. The third-order valence-corrected chi connectivity index (χ3v) is 4.21. The number of benzene rings is 1. The molecular formula is C16H16ClN3O4. The lowest BCUT2D eigenvalue weighted by molar-refractivity contribution is -0.402. The molecule has 0 bridgehead atoms. The number of carbonyl (C=O) groups excluding carboxylic acids is 1. The SMILES string of the molecule is O=C(c1ccc([N+](=O)[O-])o1)N1CCN(Cc2ccc(Cl)cc2)CC1. The molecule has 0 unspecified atom stereocenters. The molecule has 8 heteroatoms. The Morgan fingerprint density at radius 3 is 2.38 bits per heavy atom. The predicted molar refractivity (Wildman–Crippen MR) is 88.0 cm³/mol. The summed E-state index contributed by atoms with van der Waals surface area (Å²) in [4.78, 5) is 26.2. The Bertz CT molecular complexity index is 736. The molecule has 1 amide bonds. The first kappa shape index (κ1) is 16.5. The van der Waals surface area contributed by atoms with Crippen LogP contribution in [0.15, 0.2) is 40.8 Å². The number of amides is 1. The minimum Gasteiger partial charge on any atom is -0.395 e. The van der Waals surface area contributed by atoms with Crippen molar-refractivity contribution in [2.24, 2.45) is 0 Å². The Morgan fingerprint density at radius 1 is 1.12 bits per heavy atom. The average Bonchev–Trinajstić information content (AvgIpc) is 3.07. The van der Waals surface area contributed by atoms with Crippen LogP contribution in [-0.2, 0) is 6.54 Å². The fourth-order valence-electron chi connectivity index (χ4n) is 2.65. The van der Waals surface area contributed by atoms with Crippen molar-refractivity contribution in [1.29, 1.82) is 0 Å². The third-order valence-electron chi connectivity index (χ3n) is 3.96. The molecule has 0 aliphatic carbocycles. The fourth-order valence-corrected chi connectivity index (χ4v) is 2.78. The smallest absolute Gasteiger partial charge is 0.395 e. The van der Waals surface area contributed by atoms with Crippen molar-refractivity contribution in [2.45, 2.75) is 6.54 Å². The summed E-state index contributed by atoms with van der Waals surface area (Å²) in [7, 11) is 0. The van der Waals surface area contributed by atoms with Crippen molar-refractivity contribution < 1.29 is 14.1 Å². The van der Waals surface area contributed by atoms with Gasteiger partial charge in [-0.05, 0) is 23.8 Å². The molecule has 1 saturated heterocycles. The number of carbonyl (C=O) groups is 1. The molecule has 7 nitrogen and oxygen atoms in total. The number of furan rings is 1. The Kier molecular flexibility index (Phi) is 4.82. The van der Waals surface area contributed by atoms with Crippen LogP contribution in [0.3, 0.4) is 0 Å². The summed E-state index contributed by atoms with van der Waals surface area (Å²) in [5, 5.41) is 11.3. The highest BCUT2D eigenvalue weighted by Crippen LogP contribution is 2.18. The summed E-state index contributed by atoms with van der Waals surface area (Å²) >= 11 is 5.88. The van der Waals surface area contributed by atoms with Crippen LogP contribution < -0.4 is 0 Å². The van der Waals surface area contributed by atoms with Gasteiger partial charge in [-0.15, -0.1) is 0 Å². The van der Waals surface area contributed by atoms with E-state index in [-0.39, 0.29) is 11.7 Å². The largest absolute Gasteiger partial charge is 0.433 e. The zero-order valence-corrected chi connectivity index (χ0v) is 13.6. The van der Waals surface area contributed by atoms with Gasteiger partial charge in [0.05, 0.1) is 6.07 Å². The number of halogens is 1. The molecule has 3 rings (SSSR count). The normalized spacial score (nSPS) is 15.5. The zero-order valence-electron chi connectivity index (χ0n) is 12.9. The van der Waals surface area contributed by atoms with Gasteiger partial charge in [-0.2, -0.15) is 0 Å². The topological polar surface area (TPSA) is 79.8 Å². The summed E-state index contributed by atoms with van der Waals surface area (Å²) in [5.74, 6) is -0.721. The summed E-state index contributed by atoms with van der Waals surface area (Å²) in [6.07, 6.45) is 0. The van der Waals surface area contributed by atoms with Gasteiger partial charge in [-0.1, -0.05) is 23.7 Å². The number of piperazine rings is 1. The lowest BCUT2D eigenvalue weighted by atomic mass is 10.2. The van der Waals surface area contributed by atoms with Crippen molar-refractivity contribution in [3.05, 3.63) is 62.9 Å². The Labute approximate surface area is 143 Å². The van der Waals surface area contributed by atoms with Crippen LogP contribution in [0.25, 0.3) is 0 Å². The molecule has 0 atom stereocenters. The molecule has 24 heavy (non-hydrogen) atoms. The molecule has 126 valence electrons. The molecule has 2 heterocycles. The second-order valence-corrected chi connectivity index (χ2v) is 6.03. The fraction of sp³-hybridized carbons (Fsp3) is 0.312. The maximum absolute atomic E-state index is 12.3. The van der Waals surface area contributed by atoms with E-state index >= 15 is 0 Å². The lowest BCUT2D eigenvalue weighted by Gasteiger charge is -2.34. The highest BCUT2D eigenvalue weighted by molar-refractivity contribution is 6.30. The Hall–Kier alpha value is -2.38. The van der Waals surface area contributed by atoms with Gasteiger partial charge in [-0.3, -0.25) is 19.8 Å². The van der Waals surface area contributed by atoms with Crippen LogP contribution in [0.2, 0.25) is 5.02 Å². The van der Waals surface area contributed by atoms with E-state index in [1.807, 2.05) is 24.3 Å². The Morgan fingerprint density at radius 2 is 1.79 bits per heavy atom. The predicted octanol–water partition coefficient (Wildman–Crippen LogP) is 2.80. The number of nitro groups is 1. The van der Waals surface area contributed by atoms with Gasteiger partial charge in [0.2, 0.25) is 0 Å². The monoisotopic (exact) mass is 349 g/mol. The second-order valence-electron chi connectivity index (χ2n) is 5.59. The van der Waals surface area contributed by atoms with E-state index in [1.165, 1.54) is 17.7 Å². The van der Waals surface area contributed by atoms with E-state index < -0.39 is 10.8 Å². The van der Waals surface area contributed by atoms with Crippen LogP contribution in [0.5, 0.6) is 0 Å². The molecule has 0 spiro atoms. The first-order chi connectivity index (χ1) is 11.5. The van der Waals surface area contributed by atoms with Gasteiger partial charge >= 0.3 is 5.88 Å². The lowest BCUT2D eigenvalue weighted by Crippen LogP contribution is -2.48. The van der Waals surface area contributed by atoms with Crippen molar-refractivity contribution >= 4 is 23.4 Å². The van der Waals surface area contributed by atoms with Gasteiger partial charge < -0.3 is 9.32 Å². The number of hydrogen-bond donors (Lipinski definition) is 0. The minimum atomic E-state index is -0.652. The maximum atomic E-state index is 12.3. The molecule has 0 N–H and O–H groups in total. The Balaban J connectivity index is 1.55. The van der Waals surface area contributed by atoms with E-state index in [4.69, 9.17) is 16.0 Å². The van der Waals surface area contributed by atoms with Gasteiger partial charge in [0, 0.05) is 37.7 Å². The van der Waals surface area contributed by atoms with Gasteiger partial charge in [0.15, 0.2) is 5.76 Å². The number of rotatable bonds is 4. The number of nitrogens with zero attached hydrogens (tertiary/aromatic N) is 3. The van der Waals surface area contributed by atoms with Crippen LogP contribution in [0, 0.1) is 10.1 Å². The van der Waals surface area contributed by atoms with E-state index in [1.54, 1.807) is 4.90 Å². The molecule has 2 aromatic rings. The van der Waals surface area contributed by atoms with E-state index in [9.17, 15) is 14.9 Å². The average molecular weight is 350 g/mol. The number of hydrogen-bond acceptors (Lipinski definition) is 5. The first-order valence-electron chi connectivity index (χ1n) is 7.53. The van der Waals surface area contributed by atoms with Crippen molar-refractivity contribution in [1.82, 2.24) is 9.80 Å². The van der Waals surface area contributed by atoms with Crippen molar-refractivity contribution in [2.75, 3.05) is 26.2 Å². The minimum absolute atomic E-state index is 0.00727. The van der Waals surface area contributed by atoms with Crippen LogP contribution in [-0.4, -0.2) is 46.8 Å². The van der Waals surface area contributed by atoms with Gasteiger partial charge in [-0.25, -0.2) is 0 Å². The summed E-state index contributed by atoms with van der Waals surface area (Å²) < 4.78 is 4.98. The molecule has 1 fully saturated rings. The van der Waals surface area contributed by atoms with E-state index in [2.05, 4.69) is 4.90 Å². The standard InChI is InChI=1S/C16H16ClN3O4/c17-13-3-1-12(2-4-13)11-18-7-9-19(10-8-18)16(21)14-5-6-15(24-14)20(22)23/h1-6H,7-11H2. The molecule has 0 radical (unpaired) electrons. The van der Waals surface area contributed by atoms with Gasteiger partial charge in [0.25, 0.3) is 5.91 Å². The summed E-state index contributed by atoms with van der Waals surface area (Å²) in [5.41, 5.74) is 1.17. The first-order valence-corrected chi connectivity index (χ1v) is 7.91. The highest BCUT2D eigenvalue weighted by Gasteiger charge is 2.25. The second kappa shape index (κ2) is 7.02. The van der Waals surface area contributed by atoms with Crippen molar-refractivity contribution in [3.63, 3.8) is 0 Å². The van der Waals surface area contributed by atoms with E-state index in [0.717, 1.165) is 19.6 Å².